The topological polar surface area (TPSA) is 159 Å². The predicted octanol–water partition coefficient (Wildman–Crippen LogP) is 2.24. The van der Waals surface area contributed by atoms with Crippen LogP contribution in [0, 0.1) is 11.3 Å². The van der Waals surface area contributed by atoms with Crippen LogP contribution in [0.5, 0.6) is 11.5 Å². The van der Waals surface area contributed by atoms with Crippen molar-refractivity contribution >= 4 is 16.1 Å². The Hall–Kier alpha value is -2.94. The third-order valence-corrected chi connectivity index (χ3v) is 9.92. The number of fused-ring (bicyclic) bond motifs is 2. The van der Waals surface area contributed by atoms with E-state index >= 15 is 0 Å². The molecule has 5 unspecified atom stereocenters. The highest BCUT2D eigenvalue weighted by Crippen LogP contribution is 2.36. The molecule has 3 heterocycles. The molecule has 13 heteroatoms. The summed E-state index contributed by atoms with van der Waals surface area (Å²) < 4.78 is 56.9. The average Bonchev–Trinajstić information content (AvgIpc) is 3.71. The largest absolute Gasteiger partial charge is 0.454 e. The zero-order chi connectivity index (χ0) is 30.6. The van der Waals surface area contributed by atoms with Gasteiger partial charge in [-0.1, -0.05) is 44.2 Å². The van der Waals surface area contributed by atoms with E-state index < -0.39 is 39.8 Å². The van der Waals surface area contributed by atoms with Crippen LogP contribution in [0.15, 0.2) is 53.4 Å². The van der Waals surface area contributed by atoms with Gasteiger partial charge in [-0.05, 0) is 48.9 Å². The Morgan fingerprint density at radius 2 is 1.93 bits per heavy atom. The molecule has 4 N–H and O–H groups in total. The van der Waals surface area contributed by atoms with Gasteiger partial charge in [0.15, 0.2) is 17.8 Å². The zero-order valence-electron chi connectivity index (χ0n) is 24.5. The highest BCUT2D eigenvalue weighted by molar-refractivity contribution is 7.89. The second-order valence-corrected chi connectivity index (χ2v) is 13.9. The van der Waals surface area contributed by atoms with E-state index in [-0.39, 0.29) is 50.0 Å². The minimum absolute atomic E-state index is 0.00838. The third kappa shape index (κ3) is 7.59. The van der Waals surface area contributed by atoms with Gasteiger partial charge in [0.25, 0.3) is 0 Å². The second kappa shape index (κ2) is 13.4. The van der Waals surface area contributed by atoms with Gasteiger partial charge in [-0.2, -0.15) is 4.31 Å². The van der Waals surface area contributed by atoms with Crippen molar-refractivity contribution in [3.63, 3.8) is 0 Å². The molecule has 0 bridgehead atoms. The van der Waals surface area contributed by atoms with Gasteiger partial charge in [0, 0.05) is 19.2 Å². The molecule has 2 saturated heterocycles. The van der Waals surface area contributed by atoms with Gasteiger partial charge in [0.2, 0.25) is 16.8 Å². The maximum Gasteiger partial charge on any atom is 0.407 e. The van der Waals surface area contributed by atoms with E-state index in [9.17, 15) is 18.3 Å². The molecule has 5 rings (SSSR count). The molecule has 3 aliphatic heterocycles. The molecule has 2 aromatic carbocycles. The molecular formula is C30H41N3O9S. The Bertz CT molecular complexity index is 1360. The Labute approximate surface area is 252 Å². The van der Waals surface area contributed by atoms with Crippen LogP contribution in [-0.4, -0.2) is 88.1 Å². The summed E-state index contributed by atoms with van der Waals surface area (Å²) in [4.78, 5) is 13.1. The maximum absolute atomic E-state index is 14.0. The lowest BCUT2D eigenvalue weighted by Gasteiger charge is -2.35. The Balaban J connectivity index is 1.37. The van der Waals surface area contributed by atoms with Crippen LogP contribution in [0.3, 0.4) is 0 Å². The van der Waals surface area contributed by atoms with Crippen molar-refractivity contribution in [2.24, 2.45) is 17.1 Å². The van der Waals surface area contributed by atoms with E-state index in [0.29, 0.717) is 31.1 Å². The lowest BCUT2D eigenvalue weighted by molar-refractivity contribution is -0.0907. The summed E-state index contributed by atoms with van der Waals surface area (Å²) in [6.07, 6.45) is -1.31. The molecule has 3 aliphatic rings. The smallest absolute Gasteiger partial charge is 0.407 e. The van der Waals surface area contributed by atoms with Gasteiger partial charge in [0.1, 0.15) is 6.10 Å². The summed E-state index contributed by atoms with van der Waals surface area (Å²) in [6, 6.07) is 12.9. The van der Waals surface area contributed by atoms with Crippen LogP contribution in [0.1, 0.15) is 32.3 Å². The maximum atomic E-state index is 14.0. The zero-order valence-corrected chi connectivity index (χ0v) is 25.3. The first-order valence-corrected chi connectivity index (χ1v) is 16.0. The fourth-order valence-corrected chi connectivity index (χ4v) is 7.40. The van der Waals surface area contributed by atoms with Crippen molar-refractivity contribution in [1.82, 2.24) is 9.62 Å². The lowest BCUT2D eigenvalue weighted by Crippen LogP contribution is -2.52. The van der Waals surface area contributed by atoms with E-state index in [0.717, 1.165) is 12.0 Å². The number of hydrogen-bond acceptors (Lipinski definition) is 10. The number of carbonyl (C=O) groups is 1. The van der Waals surface area contributed by atoms with Crippen LogP contribution in [0.25, 0.3) is 0 Å². The molecule has 0 aromatic heterocycles. The highest BCUT2D eigenvalue weighted by atomic mass is 32.2. The normalized spacial score (nSPS) is 22.8. The van der Waals surface area contributed by atoms with Gasteiger partial charge in [-0.25, -0.2) is 13.2 Å². The SMILES string of the molecule is CC(C)(CCN)CN(CC(O)C(Cc1ccccc1)NC(=O)OC1COC2OCCC12)S(=O)(=O)c1ccc2c(c1)OCO2. The van der Waals surface area contributed by atoms with Crippen molar-refractivity contribution in [2.45, 2.75) is 62.5 Å². The van der Waals surface area contributed by atoms with Crippen molar-refractivity contribution in [3.8, 4) is 11.5 Å². The number of hydrogen-bond donors (Lipinski definition) is 3. The fourth-order valence-electron chi connectivity index (χ4n) is 5.74. The first-order chi connectivity index (χ1) is 20.6. The van der Waals surface area contributed by atoms with Crippen molar-refractivity contribution in [3.05, 3.63) is 54.1 Å². The molecule has 2 aromatic rings. The monoisotopic (exact) mass is 619 g/mol. The number of benzene rings is 2. The van der Waals surface area contributed by atoms with Crippen LogP contribution in [-0.2, 0) is 30.7 Å². The van der Waals surface area contributed by atoms with Crippen LogP contribution < -0.4 is 20.5 Å². The van der Waals surface area contributed by atoms with Gasteiger partial charge in [0.05, 0.1) is 36.2 Å². The third-order valence-electron chi connectivity index (χ3n) is 8.11. The molecule has 0 saturated carbocycles. The first kappa shape index (κ1) is 31.5. The number of ether oxygens (including phenoxy) is 5. The van der Waals surface area contributed by atoms with Gasteiger partial charge in [-0.15, -0.1) is 0 Å². The van der Waals surface area contributed by atoms with Crippen LogP contribution in [0.2, 0.25) is 0 Å². The lowest BCUT2D eigenvalue weighted by atomic mass is 9.89. The molecule has 12 nitrogen and oxygen atoms in total. The van der Waals surface area contributed by atoms with Gasteiger partial charge < -0.3 is 39.8 Å². The van der Waals surface area contributed by atoms with Crippen molar-refractivity contribution in [2.75, 3.05) is 39.6 Å². The molecule has 1 amide bonds. The second-order valence-electron chi connectivity index (χ2n) is 12.0. The van der Waals surface area contributed by atoms with E-state index in [1.54, 1.807) is 6.07 Å². The molecule has 0 aliphatic carbocycles. The number of amides is 1. The number of aliphatic hydroxyl groups is 1. The number of carbonyl (C=O) groups excluding carboxylic acids is 1. The van der Waals surface area contributed by atoms with Gasteiger partial charge >= 0.3 is 6.09 Å². The molecule has 2 fully saturated rings. The summed E-state index contributed by atoms with van der Waals surface area (Å²) in [7, 11) is -4.11. The predicted molar refractivity (Wildman–Crippen MR) is 156 cm³/mol. The Morgan fingerprint density at radius 3 is 2.70 bits per heavy atom. The molecule has 5 atom stereocenters. The summed E-state index contributed by atoms with van der Waals surface area (Å²) in [5, 5.41) is 14.4. The molecule has 236 valence electrons. The number of nitrogens with one attached hydrogen (secondary N) is 1. The highest BCUT2D eigenvalue weighted by Gasteiger charge is 2.44. The number of rotatable bonds is 13. The molecular weight excluding hydrogens is 578 g/mol. The standard InChI is InChI=1S/C30H41N3O9S/c1-30(2,11-12-31)18-33(43(36,37)21-8-9-25-26(15-21)41-19-40-25)16-24(34)23(14-20-6-4-3-5-7-20)32-29(35)42-27-17-39-28-22(27)10-13-38-28/h3-9,15,22-24,27-28,34H,10-14,16-19,31H2,1-2H3,(H,32,35). The number of nitrogens with two attached hydrogens (primary N) is 1. The summed E-state index contributed by atoms with van der Waals surface area (Å²) in [6.45, 7) is 4.80. The molecule has 0 radical (unpaired) electrons. The molecule has 0 spiro atoms. The average molecular weight is 620 g/mol. The Morgan fingerprint density at radius 1 is 1.16 bits per heavy atom. The van der Waals surface area contributed by atoms with E-state index in [1.165, 1.54) is 16.4 Å². The number of aliphatic hydroxyl groups excluding tert-OH is 1. The van der Waals surface area contributed by atoms with E-state index in [2.05, 4.69) is 5.32 Å². The van der Waals surface area contributed by atoms with E-state index in [1.807, 2.05) is 44.2 Å². The Kier molecular flexibility index (Phi) is 9.79. The van der Waals surface area contributed by atoms with Gasteiger partial charge in [-0.3, -0.25) is 0 Å². The van der Waals surface area contributed by atoms with Crippen molar-refractivity contribution < 1.29 is 42.0 Å². The number of alkyl carbamates (subject to hydrolysis) is 1. The summed E-state index contributed by atoms with van der Waals surface area (Å²) in [5.41, 5.74) is 6.19. The number of sulfonamides is 1. The first-order valence-electron chi connectivity index (χ1n) is 14.6. The van der Waals surface area contributed by atoms with Crippen molar-refractivity contribution in [1.29, 1.82) is 0 Å². The minimum Gasteiger partial charge on any atom is -0.454 e. The molecule has 43 heavy (non-hydrogen) atoms. The minimum atomic E-state index is -4.11. The van der Waals surface area contributed by atoms with Crippen LogP contribution in [0.4, 0.5) is 4.79 Å². The van der Waals surface area contributed by atoms with Crippen LogP contribution >= 0.6 is 0 Å². The summed E-state index contributed by atoms with van der Waals surface area (Å²) >= 11 is 0. The quantitative estimate of drug-likeness (QED) is 0.304. The number of nitrogens with zero attached hydrogens (tertiary/aromatic N) is 1. The fraction of sp³-hybridized carbons (Fsp3) is 0.567. The summed E-state index contributed by atoms with van der Waals surface area (Å²) in [5.74, 6) is 0.748. The van der Waals surface area contributed by atoms with E-state index in [4.69, 9.17) is 29.4 Å².